The molecule has 0 radical (unpaired) electrons. The van der Waals surface area contributed by atoms with Crippen molar-refractivity contribution in [2.24, 2.45) is 0 Å². The van der Waals surface area contributed by atoms with Gasteiger partial charge in [-0.2, -0.15) is 0 Å². The van der Waals surface area contributed by atoms with Crippen LogP contribution in [0.4, 0.5) is 5.69 Å². The van der Waals surface area contributed by atoms with Crippen molar-refractivity contribution in [3.63, 3.8) is 0 Å². The van der Waals surface area contributed by atoms with E-state index in [9.17, 15) is 4.79 Å². The standard InChI is InChI=1S/C8H9NOS/c1-5(10)8-4-6-7(11-8)2-3-9-6/h4,9H,2-3H2,1H3. The molecule has 3 heteroatoms. The summed E-state index contributed by atoms with van der Waals surface area (Å²) in [4.78, 5) is 13.1. The third-order valence-corrected chi connectivity index (χ3v) is 3.12. The van der Waals surface area contributed by atoms with Gasteiger partial charge < -0.3 is 5.32 Å². The van der Waals surface area contributed by atoms with Crippen molar-refractivity contribution in [3.05, 3.63) is 15.8 Å². The van der Waals surface area contributed by atoms with Crippen LogP contribution in [-0.2, 0) is 6.42 Å². The van der Waals surface area contributed by atoms with Gasteiger partial charge in [-0.3, -0.25) is 4.79 Å². The molecular formula is C8H9NOS. The van der Waals surface area contributed by atoms with Crippen LogP contribution in [0.1, 0.15) is 21.5 Å². The summed E-state index contributed by atoms with van der Waals surface area (Å²) in [7, 11) is 0. The molecule has 0 amide bonds. The Kier molecular flexibility index (Phi) is 1.46. The molecule has 58 valence electrons. The maximum Gasteiger partial charge on any atom is 0.169 e. The van der Waals surface area contributed by atoms with Gasteiger partial charge in [-0.25, -0.2) is 0 Å². The minimum atomic E-state index is 0.172. The lowest BCUT2D eigenvalue weighted by Crippen LogP contribution is -1.93. The topological polar surface area (TPSA) is 29.1 Å². The summed E-state index contributed by atoms with van der Waals surface area (Å²) in [6.45, 7) is 2.64. The van der Waals surface area contributed by atoms with E-state index in [1.165, 1.54) is 10.6 Å². The molecule has 1 aliphatic rings. The number of thiophene rings is 1. The molecule has 2 heterocycles. The number of hydrogen-bond donors (Lipinski definition) is 1. The summed E-state index contributed by atoms with van der Waals surface area (Å²) in [5, 5.41) is 3.23. The van der Waals surface area contributed by atoms with E-state index < -0.39 is 0 Å². The van der Waals surface area contributed by atoms with Crippen molar-refractivity contribution in [1.82, 2.24) is 0 Å². The summed E-state index contributed by atoms with van der Waals surface area (Å²) in [6.07, 6.45) is 1.08. The Morgan fingerprint density at radius 3 is 3.18 bits per heavy atom. The first-order valence-electron chi connectivity index (χ1n) is 3.65. The monoisotopic (exact) mass is 167 g/mol. The largest absolute Gasteiger partial charge is 0.384 e. The molecule has 1 N–H and O–H groups in total. The quantitative estimate of drug-likeness (QED) is 0.647. The van der Waals surface area contributed by atoms with Crippen molar-refractivity contribution in [2.75, 3.05) is 11.9 Å². The maximum absolute atomic E-state index is 10.9. The minimum Gasteiger partial charge on any atom is -0.384 e. The summed E-state index contributed by atoms with van der Waals surface area (Å²) >= 11 is 1.62. The van der Waals surface area contributed by atoms with Crippen LogP contribution in [0.2, 0.25) is 0 Å². The van der Waals surface area contributed by atoms with Crippen molar-refractivity contribution < 1.29 is 4.79 Å². The van der Waals surface area contributed by atoms with E-state index in [1.54, 1.807) is 18.3 Å². The van der Waals surface area contributed by atoms with Crippen molar-refractivity contribution >= 4 is 22.8 Å². The third-order valence-electron chi connectivity index (χ3n) is 1.82. The number of anilines is 1. The highest BCUT2D eigenvalue weighted by molar-refractivity contribution is 7.14. The second kappa shape index (κ2) is 2.34. The van der Waals surface area contributed by atoms with E-state index in [4.69, 9.17) is 0 Å². The molecule has 0 unspecified atom stereocenters. The van der Waals surface area contributed by atoms with Gasteiger partial charge in [0.25, 0.3) is 0 Å². The Morgan fingerprint density at radius 2 is 2.55 bits per heavy atom. The van der Waals surface area contributed by atoms with Gasteiger partial charge in [0.05, 0.1) is 4.88 Å². The highest BCUT2D eigenvalue weighted by Crippen LogP contribution is 2.31. The van der Waals surface area contributed by atoms with Crippen LogP contribution in [0.5, 0.6) is 0 Å². The first kappa shape index (κ1) is 6.85. The molecule has 0 aliphatic carbocycles. The molecule has 1 aromatic heterocycles. The van der Waals surface area contributed by atoms with E-state index in [0.29, 0.717) is 0 Å². The predicted molar refractivity (Wildman–Crippen MR) is 46.5 cm³/mol. The fourth-order valence-electron chi connectivity index (χ4n) is 1.25. The number of ketones is 1. The first-order chi connectivity index (χ1) is 5.27. The lowest BCUT2D eigenvalue weighted by Gasteiger charge is -1.89. The van der Waals surface area contributed by atoms with E-state index in [2.05, 4.69) is 5.32 Å². The van der Waals surface area contributed by atoms with E-state index in [0.717, 1.165) is 17.8 Å². The van der Waals surface area contributed by atoms with Crippen LogP contribution in [0, 0.1) is 0 Å². The van der Waals surface area contributed by atoms with Crippen LogP contribution in [0.15, 0.2) is 6.07 Å². The molecular weight excluding hydrogens is 158 g/mol. The van der Waals surface area contributed by atoms with Crippen molar-refractivity contribution in [1.29, 1.82) is 0 Å². The van der Waals surface area contributed by atoms with Crippen LogP contribution < -0.4 is 5.32 Å². The number of Topliss-reactive ketones (excluding diaryl/α,β-unsaturated/α-hetero) is 1. The zero-order valence-electron chi connectivity index (χ0n) is 6.31. The van der Waals surface area contributed by atoms with Gasteiger partial charge in [0.2, 0.25) is 0 Å². The smallest absolute Gasteiger partial charge is 0.169 e. The van der Waals surface area contributed by atoms with Gasteiger partial charge in [-0.1, -0.05) is 0 Å². The van der Waals surface area contributed by atoms with Crippen LogP contribution >= 0.6 is 11.3 Å². The molecule has 2 rings (SSSR count). The predicted octanol–water partition coefficient (Wildman–Crippen LogP) is 1.92. The molecule has 0 bridgehead atoms. The zero-order chi connectivity index (χ0) is 7.84. The Bertz CT molecular complexity index is 282. The van der Waals surface area contributed by atoms with Gasteiger partial charge in [-0.05, 0) is 13.0 Å². The van der Waals surface area contributed by atoms with E-state index >= 15 is 0 Å². The molecule has 0 spiro atoms. The third kappa shape index (κ3) is 1.05. The number of fused-ring (bicyclic) bond motifs is 1. The summed E-state index contributed by atoms with van der Waals surface area (Å²) in [5.41, 5.74) is 1.17. The van der Waals surface area contributed by atoms with Crippen LogP contribution in [-0.4, -0.2) is 12.3 Å². The van der Waals surface area contributed by atoms with E-state index in [-0.39, 0.29) is 5.78 Å². The molecule has 2 nitrogen and oxygen atoms in total. The average molecular weight is 167 g/mol. The first-order valence-corrected chi connectivity index (χ1v) is 4.46. The highest BCUT2D eigenvalue weighted by atomic mass is 32.1. The number of carbonyl (C=O) groups is 1. The fourth-order valence-corrected chi connectivity index (χ4v) is 2.28. The highest BCUT2D eigenvalue weighted by Gasteiger charge is 2.15. The van der Waals surface area contributed by atoms with E-state index in [1.807, 2.05) is 6.07 Å². The Hall–Kier alpha value is -0.830. The minimum absolute atomic E-state index is 0.172. The normalized spacial score (nSPS) is 14.3. The van der Waals surface area contributed by atoms with Gasteiger partial charge in [0.15, 0.2) is 5.78 Å². The number of nitrogens with one attached hydrogen (secondary N) is 1. The van der Waals surface area contributed by atoms with Gasteiger partial charge in [0, 0.05) is 23.5 Å². The average Bonchev–Trinajstić information content (AvgIpc) is 2.40. The Balaban J connectivity index is 2.42. The summed E-state index contributed by atoms with van der Waals surface area (Å²) in [6, 6.07) is 1.95. The maximum atomic E-state index is 10.9. The molecule has 0 saturated heterocycles. The number of rotatable bonds is 1. The second-order valence-corrected chi connectivity index (χ2v) is 3.82. The molecule has 1 aliphatic heterocycles. The van der Waals surface area contributed by atoms with Gasteiger partial charge >= 0.3 is 0 Å². The molecule has 1 aromatic rings. The summed E-state index contributed by atoms with van der Waals surface area (Å²) in [5.74, 6) is 0.172. The molecule has 0 saturated carbocycles. The SMILES string of the molecule is CC(=O)c1cc2c(s1)CCN2. The molecule has 0 atom stereocenters. The zero-order valence-corrected chi connectivity index (χ0v) is 7.12. The number of carbonyl (C=O) groups excluding carboxylic acids is 1. The molecule has 0 fully saturated rings. The number of hydrogen-bond acceptors (Lipinski definition) is 3. The lowest BCUT2D eigenvalue weighted by atomic mass is 10.3. The van der Waals surface area contributed by atoms with Crippen molar-refractivity contribution in [3.8, 4) is 0 Å². The van der Waals surface area contributed by atoms with Crippen LogP contribution in [0.3, 0.4) is 0 Å². The molecule has 0 aromatic carbocycles. The van der Waals surface area contributed by atoms with Gasteiger partial charge in [0.1, 0.15) is 0 Å². The summed E-state index contributed by atoms with van der Waals surface area (Å²) < 4.78 is 0. The fraction of sp³-hybridized carbons (Fsp3) is 0.375. The molecule has 11 heavy (non-hydrogen) atoms. The van der Waals surface area contributed by atoms with Gasteiger partial charge in [-0.15, -0.1) is 11.3 Å². The Labute approximate surface area is 69.2 Å². The lowest BCUT2D eigenvalue weighted by molar-refractivity contribution is 0.102. The second-order valence-electron chi connectivity index (χ2n) is 2.68. The Morgan fingerprint density at radius 1 is 1.73 bits per heavy atom. The van der Waals surface area contributed by atoms with Crippen LogP contribution in [0.25, 0.3) is 0 Å². The van der Waals surface area contributed by atoms with Crippen molar-refractivity contribution in [2.45, 2.75) is 13.3 Å².